The zero-order valence-corrected chi connectivity index (χ0v) is 20.0. The molecule has 5 nitrogen and oxygen atoms in total. The molecular weight excluding hydrogens is 438 g/mol. The number of nitrogens with zero attached hydrogens (tertiary/aromatic N) is 3. The number of imidazole rings is 1. The van der Waals surface area contributed by atoms with Gasteiger partial charge in [-0.3, -0.25) is 4.99 Å². The molecule has 2 aliphatic rings. The lowest BCUT2D eigenvalue weighted by molar-refractivity contribution is 0.570. The van der Waals surface area contributed by atoms with E-state index in [9.17, 15) is 0 Å². The van der Waals surface area contributed by atoms with Crippen LogP contribution in [0.2, 0.25) is 0 Å². The van der Waals surface area contributed by atoms with Crippen molar-refractivity contribution in [1.29, 1.82) is 0 Å². The summed E-state index contributed by atoms with van der Waals surface area (Å²) in [5.41, 5.74) is 8.25. The van der Waals surface area contributed by atoms with Crippen LogP contribution < -0.4 is 10.2 Å². The van der Waals surface area contributed by atoms with Gasteiger partial charge in [-0.2, -0.15) is 0 Å². The Hall–Kier alpha value is -3.51. The standard InChI is InChI=1S/C28H27N5S/c1-2-18-8-3-6-12-22(18)26-27(31-23-13-7-10-19-9-4-5-11-21(19)23)32-28(34)33(26)20-14-15-24-25(16-20)30-17-29-24/h3-6,8-9,11-12,14-17,23,26H,2,7,10,13H2,1H3,(H,29,30)(H,31,32,34). The number of thiocarbonyl (C=S) groups is 1. The summed E-state index contributed by atoms with van der Waals surface area (Å²) in [5, 5.41) is 4.18. The third kappa shape index (κ3) is 3.59. The molecule has 4 aromatic rings. The lowest BCUT2D eigenvalue weighted by atomic mass is 9.88. The highest BCUT2D eigenvalue weighted by Crippen LogP contribution is 2.38. The van der Waals surface area contributed by atoms with Crippen LogP contribution >= 0.6 is 12.2 Å². The molecule has 170 valence electrons. The first-order valence-electron chi connectivity index (χ1n) is 12.0. The first-order valence-corrected chi connectivity index (χ1v) is 12.4. The Labute approximate surface area is 204 Å². The molecule has 1 aliphatic carbocycles. The van der Waals surface area contributed by atoms with E-state index in [0.717, 1.165) is 48.2 Å². The molecule has 0 bridgehead atoms. The summed E-state index contributed by atoms with van der Waals surface area (Å²) >= 11 is 5.91. The van der Waals surface area contributed by atoms with E-state index in [4.69, 9.17) is 17.2 Å². The third-order valence-corrected chi connectivity index (χ3v) is 7.32. The summed E-state index contributed by atoms with van der Waals surface area (Å²) in [7, 11) is 0. The van der Waals surface area contributed by atoms with E-state index < -0.39 is 0 Å². The summed E-state index contributed by atoms with van der Waals surface area (Å²) in [6.07, 6.45) is 6.01. The molecule has 0 radical (unpaired) electrons. The Morgan fingerprint density at radius 3 is 2.76 bits per heavy atom. The van der Waals surface area contributed by atoms with E-state index >= 15 is 0 Å². The highest BCUT2D eigenvalue weighted by atomic mass is 32.1. The molecule has 1 aromatic heterocycles. The van der Waals surface area contributed by atoms with Gasteiger partial charge in [0.2, 0.25) is 0 Å². The van der Waals surface area contributed by atoms with Crippen LogP contribution in [0.5, 0.6) is 0 Å². The number of aryl methyl sites for hydroxylation is 2. The number of amidine groups is 1. The minimum atomic E-state index is -0.103. The van der Waals surface area contributed by atoms with E-state index in [1.165, 1.54) is 22.3 Å². The fraction of sp³-hybridized carbons (Fsp3) is 0.250. The van der Waals surface area contributed by atoms with E-state index in [-0.39, 0.29) is 12.1 Å². The minimum absolute atomic E-state index is 0.103. The lowest BCUT2D eigenvalue weighted by Gasteiger charge is -2.28. The Balaban J connectivity index is 1.49. The average molecular weight is 466 g/mol. The quantitative estimate of drug-likeness (QED) is 0.361. The summed E-state index contributed by atoms with van der Waals surface area (Å²) in [6.45, 7) is 2.20. The second kappa shape index (κ2) is 8.69. The molecule has 1 saturated heterocycles. The Morgan fingerprint density at radius 1 is 1.06 bits per heavy atom. The van der Waals surface area contributed by atoms with Crippen LogP contribution in [-0.2, 0) is 12.8 Å². The van der Waals surface area contributed by atoms with E-state index in [0.29, 0.717) is 5.11 Å². The molecule has 0 amide bonds. The molecule has 0 spiro atoms. The highest BCUT2D eigenvalue weighted by Gasteiger charge is 2.38. The summed E-state index contributed by atoms with van der Waals surface area (Å²) < 4.78 is 0. The Kier molecular flexibility index (Phi) is 5.38. The molecule has 34 heavy (non-hydrogen) atoms. The number of H-pyrrole nitrogens is 1. The molecule has 2 unspecified atom stereocenters. The lowest BCUT2D eigenvalue weighted by Crippen LogP contribution is -2.29. The van der Waals surface area contributed by atoms with Gasteiger partial charge in [-0.25, -0.2) is 4.98 Å². The predicted molar refractivity (Wildman–Crippen MR) is 142 cm³/mol. The molecule has 0 saturated carbocycles. The van der Waals surface area contributed by atoms with Crippen molar-refractivity contribution >= 4 is 39.9 Å². The van der Waals surface area contributed by atoms with Crippen molar-refractivity contribution in [2.75, 3.05) is 4.90 Å². The molecule has 1 fully saturated rings. The number of nitrogens with one attached hydrogen (secondary N) is 2. The molecule has 6 heteroatoms. The number of benzene rings is 3. The van der Waals surface area contributed by atoms with Crippen molar-refractivity contribution in [3.63, 3.8) is 0 Å². The van der Waals surface area contributed by atoms with Gasteiger partial charge in [0.15, 0.2) is 5.11 Å². The zero-order chi connectivity index (χ0) is 23.1. The van der Waals surface area contributed by atoms with Gasteiger partial charge in [0.25, 0.3) is 0 Å². The van der Waals surface area contributed by atoms with Crippen molar-refractivity contribution in [1.82, 2.24) is 15.3 Å². The minimum Gasteiger partial charge on any atom is -0.345 e. The average Bonchev–Trinajstić information content (AvgIpc) is 3.47. The maximum atomic E-state index is 5.91. The molecule has 3 aromatic carbocycles. The molecule has 2 heterocycles. The molecule has 2 N–H and O–H groups in total. The topological polar surface area (TPSA) is 56.3 Å². The number of anilines is 1. The van der Waals surface area contributed by atoms with Crippen LogP contribution in [-0.4, -0.2) is 20.9 Å². The van der Waals surface area contributed by atoms with Gasteiger partial charge in [0.1, 0.15) is 11.9 Å². The van der Waals surface area contributed by atoms with Gasteiger partial charge < -0.3 is 15.2 Å². The van der Waals surface area contributed by atoms with Crippen molar-refractivity contribution < 1.29 is 0 Å². The number of aromatic amines is 1. The van der Waals surface area contributed by atoms with Crippen LogP contribution in [0.3, 0.4) is 0 Å². The number of fused-ring (bicyclic) bond motifs is 2. The smallest absolute Gasteiger partial charge is 0.179 e. The summed E-state index contributed by atoms with van der Waals surface area (Å²) in [6, 6.07) is 23.7. The van der Waals surface area contributed by atoms with E-state index in [1.807, 2.05) is 0 Å². The first kappa shape index (κ1) is 21.1. The van der Waals surface area contributed by atoms with Crippen LogP contribution in [0.25, 0.3) is 11.0 Å². The Morgan fingerprint density at radius 2 is 1.88 bits per heavy atom. The normalized spacial score (nSPS) is 21.1. The summed E-state index contributed by atoms with van der Waals surface area (Å²) in [4.78, 5) is 15.2. The van der Waals surface area contributed by atoms with Crippen LogP contribution in [0.1, 0.15) is 54.1 Å². The number of rotatable bonds is 4. The highest BCUT2D eigenvalue weighted by molar-refractivity contribution is 7.80. The van der Waals surface area contributed by atoms with Crippen molar-refractivity contribution in [3.8, 4) is 0 Å². The number of aliphatic imine (C=N–C) groups is 1. The van der Waals surface area contributed by atoms with Gasteiger partial charge in [0.05, 0.1) is 23.4 Å². The van der Waals surface area contributed by atoms with Crippen LogP contribution in [0, 0.1) is 0 Å². The van der Waals surface area contributed by atoms with E-state index in [1.54, 1.807) is 6.33 Å². The molecule has 2 atom stereocenters. The summed E-state index contributed by atoms with van der Waals surface area (Å²) in [5.74, 6) is 0.926. The largest absolute Gasteiger partial charge is 0.345 e. The van der Waals surface area contributed by atoms with Crippen molar-refractivity contribution in [3.05, 3.63) is 95.3 Å². The fourth-order valence-corrected chi connectivity index (χ4v) is 5.67. The second-order valence-electron chi connectivity index (χ2n) is 8.98. The van der Waals surface area contributed by atoms with Crippen molar-refractivity contribution in [2.45, 2.75) is 44.7 Å². The Bertz CT molecular complexity index is 1400. The van der Waals surface area contributed by atoms with Crippen LogP contribution in [0.15, 0.2) is 78.0 Å². The maximum Gasteiger partial charge on any atom is 0.179 e. The molecule has 1 aliphatic heterocycles. The van der Waals surface area contributed by atoms with Gasteiger partial charge in [-0.05, 0) is 78.4 Å². The number of hydrogen-bond acceptors (Lipinski definition) is 3. The van der Waals surface area contributed by atoms with E-state index in [2.05, 4.69) is 93.8 Å². The molecular formula is C28H27N5S. The van der Waals surface area contributed by atoms with Gasteiger partial charge >= 0.3 is 0 Å². The zero-order valence-electron chi connectivity index (χ0n) is 19.2. The van der Waals surface area contributed by atoms with Gasteiger partial charge in [-0.15, -0.1) is 0 Å². The maximum absolute atomic E-state index is 5.91. The number of hydrogen-bond donors (Lipinski definition) is 2. The third-order valence-electron chi connectivity index (χ3n) is 7.02. The van der Waals surface area contributed by atoms with Crippen molar-refractivity contribution in [2.24, 2.45) is 4.99 Å². The first-order chi connectivity index (χ1) is 16.7. The second-order valence-corrected chi connectivity index (χ2v) is 9.37. The van der Waals surface area contributed by atoms with Gasteiger partial charge in [-0.1, -0.05) is 55.5 Å². The SMILES string of the molecule is CCc1ccccc1C1/C(=N/C2CCCc3ccccc32)NC(=S)N1c1ccc2[nH]cnc2c1. The number of aromatic nitrogens is 2. The predicted octanol–water partition coefficient (Wildman–Crippen LogP) is 6.04. The van der Waals surface area contributed by atoms with Gasteiger partial charge in [0, 0.05) is 5.69 Å². The molecule has 6 rings (SSSR count). The van der Waals surface area contributed by atoms with Crippen LogP contribution in [0.4, 0.5) is 5.69 Å². The fourth-order valence-electron chi connectivity index (χ4n) is 5.36. The monoisotopic (exact) mass is 465 g/mol.